The molecule has 0 bridgehead atoms. The van der Waals surface area contributed by atoms with Crippen LogP contribution in [-0.4, -0.2) is 37.6 Å². The first-order valence-electron chi connectivity index (χ1n) is 5.37. The predicted octanol–water partition coefficient (Wildman–Crippen LogP) is -0.868. The third-order valence-electron chi connectivity index (χ3n) is 2.33. The van der Waals surface area contributed by atoms with Crippen LogP contribution >= 0.6 is 15.9 Å². The van der Waals surface area contributed by atoms with Crippen molar-refractivity contribution >= 4 is 43.5 Å². The number of anilines is 1. The Balaban J connectivity index is 3.38. The molecule has 0 unspecified atom stereocenters. The lowest BCUT2D eigenvalue weighted by Gasteiger charge is -2.20. The van der Waals surface area contributed by atoms with Crippen LogP contribution in [0.25, 0.3) is 0 Å². The van der Waals surface area contributed by atoms with Crippen molar-refractivity contribution in [2.75, 3.05) is 18.8 Å². The summed E-state index contributed by atoms with van der Waals surface area (Å²) in [5.74, 6) is -2.78. The van der Waals surface area contributed by atoms with Gasteiger partial charge in [-0.05, 0) is 28.1 Å². The molecule has 0 fully saturated rings. The van der Waals surface area contributed by atoms with Crippen molar-refractivity contribution < 1.29 is 22.4 Å². The summed E-state index contributed by atoms with van der Waals surface area (Å²) in [6, 6.07) is 1.72. The Morgan fingerprint density at radius 1 is 1.19 bits per heavy atom. The van der Waals surface area contributed by atoms with E-state index in [2.05, 4.69) is 15.9 Å². The van der Waals surface area contributed by atoms with Crippen molar-refractivity contribution in [3.63, 3.8) is 0 Å². The molecule has 21 heavy (non-hydrogen) atoms. The molecule has 0 spiro atoms. The van der Waals surface area contributed by atoms with Gasteiger partial charge in [-0.1, -0.05) is 0 Å². The number of nitrogens with two attached hydrogens (primary N) is 3. The summed E-state index contributed by atoms with van der Waals surface area (Å²) >= 11 is 2.88. The van der Waals surface area contributed by atoms with Gasteiger partial charge in [0, 0.05) is 4.47 Å². The van der Waals surface area contributed by atoms with Gasteiger partial charge in [-0.3, -0.25) is 9.59 Å². The summed E-state index contributed by atoms with van der Waals surface area (Å²) in [5, 5.41) is 0. The number of rotatable bonds is 6. The molecular weight excluding hydrogens is 371 g/mol. The monoisotopic (exact) mass is 382 g/mol. The minimum atomic E-state index is -4.32. The number of carbonyl (C=O) groups is 2. The molecule has 0 aliphatic rings. The Hall–Kier alpha value is -1.72. The fourth-order valence-corrected chi connectivity index (χ4v) is 3.84. The number of hydrogen-bond acceptors (Lipinski definition) is 5. The van der Waals surface area contributed by atoms with Crippen molar-refractivity contribution in [2.45, 2.75) is 4.90 Å². The van der Waals surface area contributed by atoms with Crippen LogP contribution in [0.3, 0.4) is 0 Å². The first kappa shape index (κ1) is 17.3. The minimum absolute atomic E-state index is 0.117. The number of amides is 2. The van der Waals surface area contributed by atoms with Gasteiger partial charge in [0.15, 0.2) is 0 Å². The van der Waals surface area contributed by atoms with Crippen LogP contribution in [0.4, 0.5) is 10.1 Å². The maximum absolute atomic E-state index is 13.3. The van der Waals surface area contributed by atoms with Gasteiger partial charge in [0.05, 0.1) is 23.7 Å². The molecule has 0 aliphatic heterocycles. The van der Waals surface area contributed by atoms with Gasteiger partial charge in [0.1, 0.15) is 5.82 Å². The van der Waals surface area contributed by atoms with E-state index in [0.29, 0.717) is 4.31 Å². The first-order valence-corrected chi connectivity index (χ1v) is 7.60. The molecule has 0 saturated heterocycles. The Labute approximate surface area is 128 Å². The lowest BCUT2D eigenvalue weighted by molar-refractivity contribution is -0.120. The molecule has 8 nitrogen and oxygen atoms in total. The highest BCUT2D eigenvalue weighted by Gasteiger charge is 2.30. The van der Waals surface area contributed by atoms with Crippen LogP contribution in [0.15, 0.2) is 21.5 Å². The zero-order valence-corrected chi connectivity index (χ0v) is 12.9. The summed E-state index contributed by atoms with van der Waals surface area (Å²) in [5.41, 5.74) is 14.8. The zero-order chi connectivity index (χ0) is 16.4. The number of hydrogen-bond donors (Lipinski definition) is 3. The molecule has 6 N–H and O–H groups in total. The van der Waals surface area contributed by atoms with Gasteiger partial charge in [-0.2, -0.15) is 4.31 Å². The molecule has 1 aromatic carbocycles. The summed E-state index contributed by atoms with van der Waals surface area (Å²) in [4.78, 5) is 21.5. The van der Waals surface area contributed by atoms with Crippen LogP contribution in [0.5, 0.6) is 0 Å². The van der Waals surface area contributed by atoms with Crippen molar-refractivity contribution in [3.05, 3.63) is 22.4 Å². The average Bonchev–Trinajstić information content (AvgIpc) is 2.31. The van der Waals surface area contributed by atoms with E-state index in [4.69, 9.17) is 17.2 Å². The number of benzene rings is 1. The van der Waals surface area contributed by atoms with Gasteiger partial charge in [-0.15, -0.1) is 0 Å². The second-order valence-corrected chi connectivity index (χ2v) is 6.77. The quantitative estimate of drug-likeness (QED) is 0.546. The van der Waals surface area contributed by atoms with E-state index in [1.807, 2.05) is 0 Å². The maximum atomic E-state index is 13.3. The van der Waals surface area contributed by atoms with E-state index < -0.39 is 51.3 Å². The molecule has 11 heteroatoms. The number of primary amides is 2. The topological polar surface area (TPSA) is 150 Å². The average molecular weight is 383 g/mol. The second-order valence-electron chi connectivity index (χ2n) is 4.01. The molecular formula is C10H12BrFN4O4S. The Kier molecular flexibility index (Phi) is 5.25. The van der Waals surface area contributed by atoms with Gasteiger partial charge in [-0.25, -0.2) is 12.8 Å². The molecule has 0 radical (unpaired) electrons. The van der Waals surface area contributed by atoms with E-state index in [1.165, 1.54) is 0 Å². The van der Waals surface area contributed by atoms with Crippen LogP contribution < -0.4 is 17.2 Å². The fraction of sp³-hybridized carbons (Fsp3) is 0.200. The lowest BCUT2D eigenvalue weighted by Crippen LogP contribution is -2.43. The van der Waals surface area contributed by atoms with Gasteiger partial charge >= 0.3 is 0 Å². The highest BCUT2D eigenvalue weighted by atomic mass is 79.9. The predicted molar refractivity (Wildman–Crippen MR) is 75.7 cm³/mol. The Morgan fingerprint density at radius 2 is 1.67 bits per heavy atom. The maximum Gasteiger partial charge on any atom is 0.245 e. The molecule has 0 aromatic heterocycles. The van der Waals surface area contributed by atoms with Crippen LogP contribution in [-0.2, 0) is 19.6 Å². The van der Waals surface area contributed by atoms with E-state index in [-0.39, 0.29) is 4.47 Å². The van der Waals surface area contributed by atoms with Crippen molar-refractivity contribution in [3.8, 4) is 0 Å². The van der Waals surface area contributed by atoms with Crippen LogP contribution in [0.1, 0.15) is 0 Å². The molecule has 1 aromatic rings. The van der Waals surface area contributed by atoms with E-state index in [0.717, 1.165) is 12.1 Å². The Morgan fingerprint density at radius 3 is 2.10 bits per heavy atom. The molecule has 2 amide bonds. The third kappa shape index (κ3) is 4.12. The fourth-order valence-electron chi connectivity index (χ4n) is 1.46. The molecule has 0 saturated carbocycles. The number of halogens is 2. The van der Waals surface area contributed by atoms with Crippen LogP contribution in [0.2, 0.25) is 0 Å². The molecule has 116 valence electrons. The SMILES string of the molecule is NC(=O)CN(CC(N)=O)S(=O)(=O)c1cc(N)c(F)cc1Br. The van der Waals surface area contributed by atoms with Gasteiger partial charge in [0.25, 0.3) is 0 Å². The molecule has 1 rings (SSSR count). The minimum Gasteiger partial charge on any atom is -0.396 e. The largest absolute Gasteiger partial charge is 0.396 e. The summed E-state index contributed by atoms with van der Waals surface area (Å²) in [7, 11) is -4.32. The number of sulfonamides is 1. The number of nitrogen functional groups attached to an aromatic ring is 1. The number of nitrogens with zero attached hydrogens (tertiary/aromatic N) is 1. The van der Waals surface area contributed by atoms with Crippen molar-refractivity contribution in [1.82, 2.24) is 4.31 Å². The summed E-state index contributed by atoms with van der Waals surface area (Å²) in [6.45, 7) is -1.51. The van der Waals surface area contributed by atoms with Gasteiger partial charge in [0.2, 0.25) is 21.8 Å². The molecule has 0 heterocycles. The van der Waals surface area contributed by atoms with Crippen molar-refractivity contribution in [1.29, 1.82) is 0 Å². The highest BCUT2D eigenvalue weighted by molar-refractivity contribution is 9.10. The summed E-state index contributed by atoms with van der Waals surface area (Å²) in [6.07, 6.45) is 0. The van der Waals surface area contributed by atoms with Crippen molar-refractivity contribution in [2.24, 2.45) is 11.5 Å². The molecule has 0 atom stereocenters. The zero-order valence-electron chi connectivity index (χ0n) is 10.5. The van der Waals surface area contributed by atoms with E-state index in [9.17, 15) is 22.4 Å². The Bertz CT molecular complexity index is 679. The van der Waals surface area contributed by atoms with E-state index in [1.54, 1.807) is 0 Å². The van der Waals surface area contributed by atoms with E-state index >= 15 is 0 Å². The number of carbonyl (C=O) groups excluding carboxylic acids is 2. The van der Waals surface area contributed by atoms with Crippen LogP contribution in [0, 0.1) is 5.82 Å². The standard InChI is InChI=1S/C10H12BrFN4O4S/c11-5-1-6(12)7(13)2-8(5)21(19,20)16(3-9(14)17)4-10(15)18/h1-2H,3-4,13H2,(H2,14,17)(H2,15,18). The summed E-state index contributed by atoms with van der Waals surface area (Å²) < 4.78 is 38.4. The lowest BCUT2D eigenvalue weighted by atomic mass is 10.3. The smallest absolute Gasteiger partial charge is 0.245 e. The second kappa shape index (κ2) is 6.37. The third-order valence-corrected chi connectivity index (χ3v) is 5.08. The molecule has 0 aliphatic carbocycles. The van der Waals surface area contributed by atoms with Gasteiger partial charge < -0.3 is 17.2 Å². The first-order chi connectivity index (χ1) is 9.55. The highest BCUT2D eigenvalue weighted by Crippen LogP contribution is 2.29. The normalized spacial score (nSPS) is 11.6.